The van der Waals surface area contributed by atoms with Gasteiger partial charge in [0.2, 0.25) is 0 Å². The minimum absolute atomic E-state index is 1.22. The number of rotatable bonds is 13. The van der Waals surface area contributed by atoms with Crippen LogP contribution in [0.4, 0.5) is 0 Å². The van der Waals surface area contributed by atoms with Gasteiger partial charge in [-0.2, -0.15) is 0 Å². The highest BCUT2D eigenvalue weighted by molar-refractivity contribution is 6.73. The second-order valence-electron chi connectivity index (χ2n) is 8.07. The normalized spacial score (nSPS) is 13.4. The fourth-order valence-electron chi connectivity index (χ4n) is 2.81. The average molecular weight is 347 g/mol. The Morgan fingerprint density at radius 1 is 0.773 bits per heavy atom. The van der Waals surface area contributed by atoms with Crippen molar-refractivity contribution in [1.82, 2.24) is 9.47 Å². The van der Waals surface area contributed by atoms with Crippen LogP contribution in [0.3, 0.4) is 0 Å². The summed E-state index contributed by atoms with van der Waals surface area (Å²) < 4.78 is 8.49. The average Bonchev–Trinajstić information content (AvgIpc) is 2.41. The van der Waals surface area contributed by atoms with Crippen molar-refractivity contribution in [3.8, 4) is 0 Å². The van der Waals surface area contributed by atoms with Crippen molar-refractivity contribution in [1.29, 1.82) is 0 Å². The van der Waals surface area contributed by atoms with E-state index in [1.54, 1.807) is 0 Å². The van der Waals surface area contributed by atoms with Gasteiger partial charge in [-0.1, -0.05) is 33.5 Å². The van der Waals surface area contributed by atoms with Crippen LogP contribution < -0.4 is 0 Å². The Morgan fingerprint density at radius 3 is 1.73 bits per heavy atom. The third-order valence-electron chi connectivity index (χ3n) is 4.47. The number of hydrogen-bond donors (Lipinski definition) is 0. The molecule has 0 rings (SSSR count). The zero-order valence-corrected chi connectivity index (χ0v) is 18.7. The first-order valence-corrected chi connectivity index (χ1v) is 15.7. The highest BCUT2D eigenvalue weighted by Crippen LogP contribution is 2.16. The van der Waals surface area contributed by atoms with E-state index in [1.165, 1.54) is 58.0 Å². The Kier molecular flexibility index (Phi) is 11.1. The Morgan fingerprint density at radius 2 is 1.32 bits per heavy atom. The van der Waals surface area contributed by atoms with Crippen LogP contribution in [0.1, 0.15) is 33.1 Å². The fraction of sp³-hybridized carbons (Fsp3) is 1.00. The van der Waals surface area contributed by atoms with E-state index in [4.69, 9.17) is 4.43 Å². The first-order chi connectivity index (χ1) is 10.2. The van der Waals surface area contributed by atoms with E-state index in [1.807, 2.05) is 7.11 Å². The summed E-state index contributed by atoms with van der Waals surface area (Å²) in [4.78, 5) is 2.64. The molecule has 5 heteroatoms. The molecule has 0 aromatic rings. The summed E-state index contributed by atoms with van der Waals surface area (Å²) in [7, 11) is -0.735. The van der Waals surface area contributed by atoms with Gasteiger partial charge in [0.25, 0.3) is 0 Å². The lowest BCUT2D eigenvalue weighted by molar-refractivity contribution is 0.247. The van der Waals surface area contributed by atoms with E-state index >= 15 is 0 Å². The maximum Gasteiger partial charge on any atom is 0.186 e. The molecule has 0 amide bonds. The van der Waals surface area contributed by atoms with Gasteiger partial charge < -0.3 is 13.9 Å². The third kappa shape index (κ3) is 10.2. The molecule has 0 aromatic heterocycles. The fourth-order valence-corrected chi connectivity index (χ4v) is 5.62. The molecular formula is C17H42N2OSi2. The maximum atomic E-state index is 5.69. The van der Waals surface area contributed by atoms with Gasteiger partial charge in [-0.15, -0.1) is 0 Å². The smallest absolute Gasteiger partial charge is 0.186 e. The van der Waals surface area contributed by atoms with Gasteiger partial charge >= 0.3 is 0 Å². The van der Waals surface area contributed by atoms with Gasteiger partial charge in [-0.25, -0.2) is 0 Å². The van der Waals surface area contributed by atoms with Gasteiger partial charge in [0.05, 0.1) is 0 Å². The predicted octanol–water partition coefficient (Wildman–Crippen LogP) is 4.49. The molecule has 134 valence electrons. The molecule has 0 spiro atoms. The van der Waals surface area contributed by atoms with E-state index < -0.39 is 16.6 Å². The molecule has 0 N–H and O–H groups in total. The molecule has 0 bridgehead atoms. The SMILES string of the molecule is CCCN(CCC)CCN(CCC[Si](C)(C)OC)[Si](C)(C)C. The second kappa shape index (κ2) is 11.0. The standard InChI is InChI=1S/C17H42N2OSi2/c1-9-12-18(13-10-2)15-16-19(21(4,5)6)14-11-17-22(7,8)20-3/h9-17H2,1-8H3. The van der Waals surface area contributed by atoms with Crippen LogP contribution in [0.5, 0.6) is 0 Å². The molecule has 0 aliphatic carbocycles. The molecule has 0 aliphatic heterocycles. The van der Waals surface area contributed by atoms with Crippen molar-refractivity contribution in [2.24, 2.45) is 0 Å². The molecule has 0 atom stereocenters. The van der Waals surface area contributed by atoms with E-state index in [0.29, 0.717) is 0 Å². The zero-order chi connectivity index (χ0) is 17.2. The van der Waals surface area contributed by atoms with Gasteiger partial charge in [0.1, 0.15) is 8.24 Å². The molecule has 0 saturated heterocycles. The second-order valence-corrected chi connectivity index (χ2v) is 17.5. The summed E-state index contributed by atoms with van der Waals surface area (Å²) in [5.74, 6) is 0. The lowest BCUT2D eigenvalue weighted by Gasteiger charge is -2.36. The van der Waals surface area contributed by atoms with Gasteiger partial charge in [0.15, 0.2) is 8.32 Å². The predicted molar refractivity (Wildman–Crippen MR) is 106 cm³/mol. The molecule has 0 radical (unpaired) electrons. The van der Waals surface area contributed by atoms with Crippen LogP contribution in [0.25, 0.3) is 0 Å². The van der Waals surface area contributed by atoms with Crippen LogP contribution in [0.2, 0.25) is 38.8 Å². The van der Waals surface area contributed by atoms with Gasteiger partial charge in [0, 0.05) is 20.2 Å². The van der Waals surface area contributed by atoms with Crippen LogP contribution >= 0.6 is 0 Å². The zero-order valence-electron chi connectivity index (χ0n) is 16.7. The lowest BCUT2D eigenvalue weighted by Crippen LogP contribution is -2.50. The Labute approximate surface area is 142 Å². The van der Waals surface area contributed by atoms with Crippen LogP contribution in [0.15, 0.2) is 0 Å². The number of nitrogens with zero attached hydrogens (tertiary/aromatic N) is 2. The number of hydrogen-bond acceptors (Lipinski definition) is 3. The molecular weight excluding hydrogens is 304 g/mol. The molecule has 3 nitrogen and oxygen atoms in total. The summed E-state index contributed by atoms with van der Waals surface area (Å²) in [5.41, 5.74) is 0. The summed E-state index contributed by atoms with van der Waals surface area (Å²) in [6.07, 6.45) is 3.82. The van der Waals surface area contributed by atoms with E-state index in [2.05, 4.69) is 56.0 Å². The van der Waals surface area contributed by atoms with Crippen molar-refractivity contribution in [3.05, 3.63) is 0 Å². The summed E-state index contributed by atoms with van der Waals surface area (Å²) in [6.45, 7) is 22.9. The molecule has 0 saturated carbocycles. The molecule has 0 heterocycles. The Hall–Kier alpha value is 0.314. The summed E-state index contributed by atoms with van der Waals surface area (Å²) in [6, 6.07) is 1.28. The van der Waals surface area contributed by atoms with Crippen LogP contribution in [-0.4, -0.2) is 65.9 Å². The highest BCUT2D eigenvalue weighted by atomic mass is 28.4. The van der Waals surface area contributed by atoms with Crippen molar-refractivity contribution in [2.75, 3.05) is 39.8 Å². The molecule has 0 unspecified atom stereocenters. The van der Waals surface area contributed by atoms with Crippen molar-refractivity contribution >= 4 is 16.6 Å². The van der Waals surface area contributed by atoms with Crippen molar-refractivity contribution < 1.29 is 4.43 Å². The minimum Gasteiger partial charge on any atom is -0.420 e. The highest BCUT2D eigenvalue weighted by Gasteiger charge is 2.26. The topological polar surface area (TPSA) is 15.7 Å². The Balaban J connectivity index is 4.40. The molecule has 0 aliphatic rings. The first kappa shape index (κ1) is 22.3. The van der Waals surface area contributed by atoms with Gasteiger partial charge in [-0.05, 0) is 58.0 Å². The van der Waals surface area contributed by atoms with Gasteiger partial charge in [-0.3, -0.25) is 0 Å². The summed E-state index contributed by atoms with van der Waals surface area (Å²) >= 11 is 0. The molecule has 0 aromatic carbocycles. The maximum absolute atomic E-state index is 5.69. The van der Waals surface area contributed by atoms with Crippen LogP contribution in [-0.2, 0) is 4.43 Å². The first-order valence-electron chi connectivity index (χ1n) is 9.18. The largest absolute Gasteiger partial charge is 0.420 e. The molecule has 22 heavy (non-hydrogen) atoms. The molecule has 0 fully saturated rings. The Bertz CT molecular complexity index is 274. The summed E-state index contributed by atoms with van der Waals surface area (Å²) in [5, 5.41) is 0. The lowest BCUT2D eigenvalue weighted by atomic mass is 10.3. The van der Waals surface area contributed by atoms with Crippen molar-refractivity contribution in [3.63, 3.8) is 0 Å². The van der Waals surface area contributed by atoms with Crippen molar-refractivity contribution in [2.45, 2.75) is 71.9 Å². The quantitative estimate of drug-likeness (QED) is 0.457. The monoisotopic (exact) mass is 346 g/mol. The van der Waals surface area contributed by atoms with E-state index in [0.717, 1.165) is 0 Å². The minimum atomic E-state index is -1.39. The van der Waals surface area contributed by atoms with E-state index in [-0.39, 0.29) is 0 Å². The van der Waals surface area contributed by atoms with Crippen LogP contribution in [0, 0.1) is 0 Å². The van der Waals surface area contributed by atoms with E-state index in [9.17, 15) is 0 Å². The third-order valence-corrected chi connectivity index (χ3v) is 9.48.